The number of hydrogen-bond acceptors (Lipinski definition) is 5. The van der Waals surface area contributed by atoms with E-state index in [1.165, 1.54) is 6.07 Å². The number of carbonyl (C=O) groups is 2. The SMILES string of the molecule is Cc1sc(C)c2c1C(=O)CC2NC(=O)CN1CCN(Cc2ccccc2F)CC1.Cl. The third-order valence-corrected chi connectivity index (χ3v) is 6.88. The first-order valence-corrected chi connectivity index (χ1v) is 10.8. The van der Waals surface area contributed by atoms with Crippen LogP contribution in [0, 0.1) is 19.7 Å². The Bertz CT molecular complexity index is 940. The van der Waals surface area contributed by atoms with E-state index in [1.54, 1.807) is 17.4 Å². The molecule has 4 rings (SSSR count). The van der Waals surface area contributed by atoms with Crippen molar-refractivity contribution in [2.45, 2.75) is 32.9 Å². The summed E-state index contributed by atoms with van der Waals surface area (Å²) in [6.07, 6.45) is 0.363. The van der Waals surface area contributed by atoms with Crippen LogP contribution in [-0.4, -0.2) is 54.2 Å². The molecule has 162 valence electrons. The molecule has 1 aliphatic heterocycles. The van der Waals surface area contributed by atoms with Gasteiger partial charge in [-0.1, -0.05) is 18.2 Å². The zero-order valence-corrected chi connectivity index (χ0v) is 18.9. The second-order valence-corrected chi connectivity index (χ2v) is 9.32. The topological polar surface area (TPSA) is 52.7 Å². The van der Waals surface area contributed by atoms with Gasteiger partial charge < -0.3 is 5.32 Å². The Kier molecular flexibility index (Phi) is 7.29. The van der Waals surface area contributed by atoms with E-state index in [0.29, 0.717) is 25.1 Å². The van der Waals surface area contributed by atoms with Crippen molar-refractivity contribution >= 4 is 35.4 Å². The number of benzene rings is 1. The highest BCUT2D eigenvalue weighted by atomic mass is 35.5. The molecular formula is C22H27ClFN3O2S. The molecule has 30 heavy (non-hydrogen) atoms. The number of fused-ring (bicyclic) bond motifs is 1. The predicted molar refractivity (Wildman–Crippen MR) is 119 cm³/mol. The Hall–Kier alpha value is -1.80. The number of thiophene rings is 1. The Balaban J connectivity index is 0.00000256. The Morgan fingerprint density at radius 1 is 1.13 bits per heavy atom. The molecule has 5 nitrogen and oxygen atoms in total. The van der Waals surface area contributed by atoms with E-state index in [1.807, 2.05) is 26.0 Å². The minimum absolute atomic E-state index is 0. The van der Waals surface area contributed by atoms with E-state index in [4.69, 9.17) is 0 Å². The van der Waals surface area contributed by atoms with Gasteiger partial charge in [0.05, 0.1) is 12.6 Å². The fourth-order valence-corrected chi connectivity index (χ4v) is 5.54. The zero-order chi connectivity index (χ0) is 20.5. The van der Waals surface area contributed by atoms with Crippen molar-refractivity contribution < 1.29 is 14.0 Å². The molecule has 0 radical (unpaired) electrons. The lowest BCUT2D eigenvalue weighted by Crippen LogP contribution is -2.49. The molecule has 1 aromatic heterocycles. The zero-order valence-electron chi connectivity index (χ0n) is 17.2. The van der Waals surface area contributed by atoms with Crippen molar-refractivity contribution in [3.8, 4) is 0 Å². The summed E-state index contributed by atoms with van der Waals surface area (Å²) >= 11 is 1.63. The van der Waals surface area contributed by atoms with Crippen molar-refractivity contribution in [1.82, 2.24) is 15.1 Å². The fourth-order valence-electron chi connectivity index (χ4n) is 4.40. The van der Waals surface area contributed by atoms with Crippen LogP contribution in [0.1, 0.15) is 43.7 Å². The lowest BCUT2D eigenvalue weighted by molar-refractivity contribution is -0.123. The first-order chi connectivity index (χ1) is 13.9. The molecule has 0 spiro atoms. The molecule has 0 bridgehead atoms. The average molecular weight is 452 g/mol. The normalized spacial score (nSPS) is 19.4. The van der Waals surface area contributed by atoms with Crippen molar-refractivity contribution in [1.29, 1.82) is 0 Å². The van der Waals surface area contributed by atoms with Gasteiger partial charge in [0.15, 0.2) is 5.78 Å². The summed E-state index contributed by atoms with van der Waals surface area (Å²) in [6, 6.07) is 6.67. The van der Waals surface area contributed by atoms with Crippen LogP contribution in [0.25, 0.3) is 0 Å². The summed E-state index contributed by atoms with van der Waals surface area (Å²) in [7, 11) is 0. The molecule has 1 unspecified atom stereocenters. The van der Waals surface area contributed by atoms with Crippen molar-refractivity contribution in [2.24, 2.45) is 0 Å². The van der Waals surface area contributed by atoms with Crippen LogP contribution in [0.3, 0.4) is 0 Å². The van der Waals surface area contributed by atoms with Crippen LogP contribution in [0.4, 0.5) is 4.39 Å². The number of carbonyl (C=O) groups excluding carboxylic acids is 2. The van der Waals surface area contributed by atoms with Crippen LogP contribution in [0.5, 0.6) is 0 Å². The second kappa shape index (κ2) is 9.56. The quantitative estimate of drug-likeness (QED) is 0.756. The van der Waals surface area contributed by atoms with Gasteiger partial charge in [-0.05, 0) is 25.5 Å². The van der Waals surface area contributed by atoms with E-state index < -0.39 is 0 Å². The lowest BCUT2D eigenvalue weighted by atomic mass is 10.1. The number of amides is 1. The highest BCUT2D eigenvalue weighted by molar-refractivity contribution is 7.12. The summed E-state index contributed by atoms with van der Waals surface area (Å²) in [4.78, 5) is 31.4. The van der Waals surface area contributed by atoms with E-state index >= 15 is 0 Å². The molecule has 1 saturated heterocycles. The Morgan fingerprint density at radius 2 is 1.80 bits per heavy atom. The maximum atomic E-state index is 13.8. The van der Waals surface area contributed by atoms with Crippen LogP contribution in [-0.2, 0) is 11.3 Å². The first-order valence-electron chi connectivity index (χ1n) is 10.0. The van der Waals surface area contributed by atoms with Crippen LogP contribution in [0.2, 0.25) is 0 Å². The number of nitrogens with zero attached hydrogens (tertiary/aromatic N) is 2. The first kappa shape index (κ1) is 22.9. The van der Waals surface area contributed by atoms with Gasteiger partial charge in [0.2, 0.25) is 5.91 Å². The van der Waals surface area contributed by atoms with Crippen LogP contribution in [0.15, 0.2) is 24.3 Å². The lowest BCUT2D eigenvalue weighted by Gasteiger charge is -2.34. The number of Topliss-reactive ketones (excluding diaryl/α,β-unsaturated/α-hetero) is 1. The largest absolute Gasteiger partial charge is 0.348 e. The molecule has 1 aliphatic carbocycles. The standard InChI is InChI=1S/C22H26FN3O2S.ClH/c1-14-21-18(11-19(27)22(21)15(2)29-14)24-20(28)13-26-9-7-25(8-10-26)12-16-5-3-4-6-17(16)23;/h3-6,18H,7-13H2,1-2H3,(H,24,28);1H. The molecule has 2 aliphatic rings. The third kappa shape index (κ3) is 4.75. The smallest absolute Gasteiger partial charge is 0.234 e. The third-order valence-electron chi connectivity index (χ3n) is 5.84. The van der Waals surface area contributed by atoms with E-state index in [-0.39, 0.29) is 36.0 Å². The minimum atomic E-state index is -0.197. The summed E-state index contributed by atoms with van der Waals surface area (Å²) in [5.74, 6) is -0.0749. The number of piperazine rings is 1. The number of rotatable bonds is 5. The fraction of sp³-hybridized carbons (Fsp3) is 0.455. The van der Waals surface area contributed by atoms with Crippen molar-refractivity contribution in [2.75, 3.05) is 32.7 Å². The van der Waals surface area contributed by atoms with E-state index in [9.17, 15) is 14.0 Å². The van der Waals surface area contributed by atoms with Gasteiger partial charge in [-0.3, -0.25) is 19.4 Å². The molecule has 1 aromatic carbocycles. The van der Waals surface area contributed by atoms with Gasteiger partial charge in [0.25, 0.3) is 0 Å². The molecule has 1 N–H and O–H groups in total. The summed E-state index contributed by atoms with van der Waals surface area (Å²) in [5, 5.41) is 3.07. The highest BCUT2D eigenvalue weighted by Crippen LogP contribution is 2.40. The molecule has 1 fully saturated rings. The molecule has 2 aromatic rings. The summed E-state index contributed by atoms with van der Waals surface area (Å²) in [5.41, 5.74) is 2.54. The predicted octanol–water partition coefficient (Wildman–Crippen LogP) is 3.49. The van der Waals surface area contributed by atoms with Crippen molar-refractivity contribution in [3.05, 3.63) is 56.5 Å². The molecule has 1 atom stereocenters. The highest BCUT2D eigenvalue weighted by Gasteiger charge is 2.35. The number of ketones is 1. The molecular weight excluding hydrogens is 425 g/mol. The van der Waals surface area contributed by atoms with Gasteiger partial charge >= 0.3 is 0 Å². The van der Waals surface area contributed by atoms with Crippen molar-refractivity contribution in [3.63, 3.8) is 0 Å². The van der Waals surface area contributed by atoms with Crippen LogP contribution < -0.4 is 5.32 Å². The molecule has 8 heteroatoms. The average Bonchev–Trinajstić information content (AvgIpc) is 3.16. The maximum Gasteiger partial charge on any atom is 0.234 e. The number of hydrogen-bond donors (Lipinski definition) is 1. The molecule has 2 heterocycles. The van der Waals surface area contributed by atoms with Gasteiger partial charge in [-0.25, -0.2) is 4.39 Å². The molecule has 0 saturated carbocycles. The number of aryl methyl sites for hydroxylation is 2. The number of halogens is 2. The van der Waals surface area contributed by atoms with Gasteiger partial charge in [-0.2, -0.15) is 0 Å². The van der Waals surface area contributed by atoms with Crippen LogP contribution >= 0.6 is 23.7 Å². The van der Waals surface area contributed by atoms with Gasteiger partial charge in [0, 0.05) is 60.0 Å². The van der Waals surface area contributed by atoms with Gasteiger partial charge in [-0.15, -0.1) is 23.7 Å². The van der Waals surface area contributed by atoms with E-state index in [0.717, 1.165) is 47.1 Å². The maximum absolute atomic E-state index is 13.8. The number of nitrogens with one attached hydrogen (secondary N) is 1. The molecule has 1 amide bonds. The monoisotopic (exact) mass is 451 g/mol. The minimum Gasteiger partial charge on any atom is -0.348 e. The Morgan fingerprint density at radius 3 is 2.50 bits per heavy atom. The van der Waals surface area contributed by atoms with E-state index in [2.05, 4.69) is 15.1 Å². The second-order valence-electron chi connectivity index (χ2n) is 7.89. The summed E-state index contributed by atoms with van der Waals surface area (Å²) in [6.45, 7) is 8.06. The summed E-state index contributed by atoms with van der Waals surface area (Å²) < 4.78 is 13.8. The van der Waals surface area contributed by atoms with Gasteiger partial charge in [0.1, 0.15) is 5.82 Å². The Labute approximate surface area is 186 Å².